The molecular weight excluding hydrogens is 244 g/mol. The Hall–Kier alpha value is -1.13. The molecule has 4 heteroatoms. The summed E-state index contributed by atoms with van der Waals surface area (Å²) in [5.41, 5.74) is 2.37. The highest BCUT2D eigenvalue weighted by Gasteiger charge is 2.27. The monoisotopic (exact) mass is 262 g/mol. The van der Waals surface area contributed by atoms with Gasteiger partial charge in [-0.3, -0.25) is 0 Å². The van der Waals surface area contributed by atoms with E-state index in [1.54, 1.807) is 18.4 Å². The van der Waals surface area contributed by atoms with Gasteiger partial charge in [0.15, 0.2) is 5.13 Å². The van der Waals surface area contributed by atoms with Crippen molar-refractivity contribution in [1.29, 1.82) is 0 Å². The molecule has 0 saturated heterocycles. The van der Waals surface area contributed by atoms with Gasteiger partial charge in [-0.25, -0.2) is 4.98 Å². The van der Waals surface area contributed by atoms with Crippen molar-refractivity contribution in [3.63, 3.8) is 0 Å². The van der Waals surface area contributed by atoms with Crippen molar-refractivity contribution in [2.45, 2.75) is 38.3 Å². The van der Waals surface area contributed by atoms with E-state index in [1.165, 1.54) is 23.1 Å². The van der Waals surface area contributed by atoms with Crippen LogP contribution in [0, 0.1) is 6.92 Å². The topological polar surface area (TPSA) is 34.1 Å². The van der Waals surface area contributed by atoms with Crippen LogP contribution in [0.1, 0.15) is 24.8 Å². The standard InChI is InChI=1S/C14H18N2OS/c1-9-6-7-11-13(8-9)18-14(16-11)15-10-4-3-5-12(10)17-2/h6-8,10,12H,3-5H2,1-2H3,(H,15,16). The minimum Gasteiger partial charge on any atom is -0.379 e. The van der Waals surface area contributed by atoms with Crippen molar-refractivity contribution in [3.8, 4) is 0 Å². The largest absolute Gasteiger partial charge is 0.379 e. The fourth-order valence-electron chi connectivity index (χ4n) is 2.63. The van der Waals surface area contributed by atoms with E-state index >= 15 is 0 Å². The number of nitrogens with one attached hydrogen (secondary N) is 1. The summed E-state index contributed by atoms with van der Waals surface area (Å²) >= 11 is 1.73. The van der Waals surface area contributed by atoms with Crippen molar-refractivity contribution in [2.24, 2.45) is 0 Å². The highest BCUT2D eigenvalue weighted by atomic mass is 32.1. The van der Waals surface area contributed by atoms with Crippen LogP contribution in [0.2, 0.25) is 0 Å². The zero-order valence-corrected chi connectivity index (χ0v) is 11.6. The smallest absolute Gasteiger partial charge is 0.184 e. The van der Waals surface area contributed by atoms with Gasteiger partial charge in [-0.2, -0.15) is 0 Å². The van der Waals surface area contributed by atoms with Crippen LogP contribution >= 0.6 is 11.3 Å². The van der Waals surface area contributed by atoms with Gasteiger partial charge in [-0.1, -0.05) is 17.4 Å². The quantitative estimate of drug-likeness (QED) is 0.918. The van der Waals surface area contributed by atoms with Crippen LogP contribution in [0.15, 0.2) is 18.2 Å². The molecule has 2 aromatic rings. The minimum absolute atomic E-state index is 0.332. The van der Waals surface area contributed by atoms with E-state index in [4.69, 9.17) is 4.74 Å². The molecular formula is C14H18N2OS. The van der Waals surface area contributed by atoms with Gasteiger partial charge in [0.05, 0.1) is 22.4 Å². The molecule has 0 radical (unpaired) electrons. The number of aryl methyl sites for hydroxylation is 1. The molecule has 1 N–H and O–H groups in total. The second-order valence-electron chi connectivity index (χ2n) is 4.95. The van der Waals surface area contributed by atoms with Crippen LogP contribution in [-0.2, 0) is 4.74 Å². The number of hydrogen-bond donors (Lipinski definition) is 1. The van der Waals surface area contributed by atoms with Gasteiger partial charge < -0.3 is 10.1 Å². The summed E-state index contributed by atoms with van der Waals surface area (Å²) in [4.78, 5) is 4.64. The van der Waals surface area contributed by atoms with E-state index in [2.05, 4.69) is 35.4 Å². The van der Waals surface area contributed by atoms with Gasteiger partial charge in [0.1, 0.15) is 0 Å². The molecule has 1 fully saturated rings. The Balaban J connectivity index is 1.82. The van der Waals surface area contributed by atoms with Crippen molar-refractivity contribution in [2.75, 3.05) is 12.4 Å². The van der Waals surface area contributed by atoms with E-state index in [0.29, 0.717) is 12.1 Å². The second kappa shape index (κ2) is 4.86. The molecule has 1 heterocycles. The first-order chi connectivity index (χ1) is 8.76. The second-order valence-corrected chi connectivity index (χ2v) is 5.98. The number of aromatic nitrogens is 1. The van der Waals surface area contributed by atoms with Crippen molar-refractivity contribution in [3.05, 3.63) is 23.8 Å². The Morgan fingerprint density at radius 3 is 3.11 bits per heavy atom. The maximum absolute atomic E-state index is 5.50. The lowest BCUT2D eigenvalue weighted by atomic mass is 10.2. The van der Waals surface area contributed by atoms with Crippen LogP contribution in [0.3, 0.4) is 0 Å². The van der Waals surface area contributed by atoms with Crippen molar-refractivity contribution < 1.29 is 4.74 Å². The van der Waals surface area contributed by atoms with Crippen molar-refractivity contribution >= 4 is 26.7 Å². The van der Waals surface area contributed by atoms with Crippen molar-refractivity contribution in [1.82, 2.24) is 4.98 Å². The molecule has 0 bridgehead atoms. The maximum Gasteiger partial charge on any atom is 0.184 e. The Labute approximate surface area is 111 Å². The van der Waals surface area contributed by atoms with Crippen LogP contribution in [0.5, 0.6) is 0 Å². The molecule has 1 aromatic carbocycles. The van der Waals surface area contributed by atoms with Gasteiger partial charge in [0, 0.05) is 7.11 Å². The first kappa shape index (κ1) is 11.9. The molecule has 2 unspecified atom stereocenters. The number of benzene rings is 1. The number of anilines is 1. The molecule has 1 saturated carbocycles. The molecule has 0 amide bonds. The Bertz CT molecular complexity index is 552. The minimum atomic E-state index is 0.332. The van der Waals surface area contributed by atoms with Crippen LogP contribution < -0.4 is 5.32 Å². The Kier molecular flexibility index (Phi) is 3.22. The molecule has 3 rings (SSSR count). The highest BCUT2D eigenvalue weighted by Crippen LogP contribution is 2.30. The molecule has 0 aliphatic heterocycles. The molecule has 1 aliphatic carbocycles. The fraction of sp³-hybridized carbons (Fsp3) is 0.500. The Morgan fingerprint density at radius 2 is 2.28 bits per heavy atom. The van der Waals surface area contributed by atoms with Gasteiger partial charge >= 0.3 is 0 Å². The number of methoxy groups -OCH3 is 1. The van der Waals surface area contributed by atoms with E-state index in [0.717, 1.165) is 17.1 Å². The molecule has 18 heavy (non-hydrogen) atoms. The third-order valence-electron chi connectivity index (χ3n) is 3.61. The normalized spacial score (nSPS) is 23.7. The van der Waals surface area contributed by atoms with Gasteiger partial charge in [0.25, 0.3) is 0 Å². The van der Waals surface area contributed by atoms with Crippen LogP contribution in [-0.4, -0.2) is 24.2 Å². The molecule has 3 nitrogen and oxygen atoms in total. The number of hydrogen-bond acceptors (Lipinski definition) is 4. The predicted octanol–water partition coefficient (Wildman–Crippen LogP) is 3.58. The number of nitrogens with zero attached hydrogens (tertiary/aromatic N) is 1. The lowest BCUT2D eigenvalue weighted by Gasteiger charge is -2.18. The SMILES string of the molecule is COC1CCCC1Nc1nc2ccc(C)cc2s1. The first-order valence-electron chi connectivity index (χ1n) is 6.43. The van der Waals surface area contributed by atoms with E-state index in [1.807, 2.05) is 0 Å². The third kappa shape index (κ3) is 2.22. The zero-order chi connectivity index (χ0) is 12.5. The van der Waals surface area contributed by atoms with Gasteiger partial charge in [-0.15, -0.1) is 0 Å². The van der Waals surface area contributed by atoms with Gasteiger partial charge in [-0.05, 0) is 43.9 Å². The summed E-state index contributed by atoms with van der Waals surface area (Å²) < 4.78 is 6.76. The zero-order valence-electron chi connectivity index (χ0n) is 10.8. The molecule has 0 spiro atoms. The summed E-state index contributed by atoms with van der Waals surface area (Å²) in [5, 5.41) is 4.55. The van der Waals surface area contributed by atoms with E-state index < -0.39 is 0 Å². The number of thiazole rings is 1. The highest BCUT2D eigenvalue weighted by molar-refractivity contribution is 7.22. The molecule has 96 valence electrons. The maximum atomic E-state index is 5.50. The van der Waals surface area contributed by atoms with Gasteiger partial charge in [0.2, 0.25) is 0 Å². The fourth-order valence-corrected chi connectivity index (χ4v) is 3.65. The number of fused-ring (bicyclic) bond motifs is 1. The third-order valence-corrected chi connectivity index (χ3v) is 4.56. The van der Waals surface area contributed by atoms with Crippen LogP contribution in [0.25, 0.3) is 10.2 Å². The lowest BCUT2D eigenvalue weighted by Crippen LogP contribution is -2.29. The van der Waals surface area contributed by atoms with Crippen LogP contribution in [0.4, 0.5) is 5.13 Å². The predicted molar refractivity (Wildman–Crippen MR) is 76.4 cm³/mol. The summed E-state index contributed by atoms with van der Waals surface area (Å²) in [6, 6.07) is 6.81. The number of ether oxygens (including phenoxy) is 1. The average Bonchev–Trinajstić information content (AvgIpc) is 2.94. The van der Waals surface area contributed by atoms with E-state index in [9.17, 15) is 0 Å². The summed E-state index contributed by atoms with van der Waals surface area (Å²) in [5.74, 6) is 0. The summed E-state index contributed by atoms with van der Waals surface area (Å²) in [6.45, 7) is 2.12. The average molecular weight is 262 g/mol. The Morgan fingerprint density at radius 1 is 1.39 bits per heavy atom. The molecule has 2 atom stereocenters. The summed E-state index contributed by atoms with van der Waals surface area (Å²) in [7, 11) is 1.80. The molecule has 1 aromatic heterocycles. The molecule has 1 aliphatic rings. The number of rotatable bonds is 3. The van der Waals surface area contributed by atoms with E-state index in [-0.39, 0.29) is 0 Å². The lowest BCUT2D eigenvalue weighted by molar-refractivity contribution is 0.101. The summed E-state index contributed by atoms with van der Waals surface area (Å²) in [6.07, 6.45) is 3.89. The first-order valence-corrected chi connectivity index (χ1v) is 7.24.